The number of rotatable bonds is 6. The third kappa shape index (κ3) is 4.57. The zero-order chi connectivity index (χ0) is 13.5. The smallest absolute Gasteiger partial charge is 0.0415 e. The highest BCUT2D eigenvalue weighted by Crippen LogP contribution is 2.25. The summed E-state index contributed by atoms with van der Waals surface area (Å²) in [7, 11) is 0. The SMILES string of the molecule is CCNC(CSc1ccc(Cl)cc1)c1ccccc1. The molecule has 0 aromatic heterocycles. The van der Waals surface area contributed by atoms with E-state index in [4.69, 9.17) is 11.6 Å². The fourth-order valence-electron chi connectivity index (χ4n) is 1.92. The maximum atomic E-state index is 5.90. The summed E-state index contributed by atoms with van der Waals surface area (Å²) in [6, 6.07) is 19.0. The van der Waals surface area contributed by atoms with Gasteiger partial charge in [0.1, 0.15) is 0 Å². The van der Waals surface area contributed by atoms with Crippen LogP contribution in [-0.4, -0.2) is 12.3 Å². The van der Waals surface area contributed by atoms with Gasteiger partial charge in [0.05, 0.1) is 0 Å². The van der Waals surface area contributed by atoms with E-state index in [1.807, 2.05) is 23.9 Å². The number of halogens is 1. The van der Waals surface area contributed by atoms with Gasteiger partial charge in [-0.2, -0.15) is 0 Å². The van der Waals surface area contributed by atoms with E-state index in [0.717, 1.165) is 17.3 Å². The molecule has 0 aliphatic rings. The Kier molecular flexibility index (Phi) is 5.77. The summed E-state index contributed by atoms with van der Waals surface area (Å²) in [5, 5.41) is 4.32. The number of nitrogens with one attached hydrogen (secondary N) is 1. The summed E-state index contributed by atoms with van der Waals surface area (Å²) < 4.78 is 0. The summed E-state index contributed by atoms with van der Waals surface area (Å²) in [6.45, 7) is 3.11. The zero-order valence-corrected chi connectivity index (χ0v) is 12.5. The summed E-state index contributed by atoms with van der Waals surface area (Å²) in [6.07, 6.45) is 0. The van der Waals surface area contributed by atoms with E-state index >= 15 is 0 Å². The van der Waals surface area contributed by atoms with Gasteiger partial charge in [-0.25, -0.2) is 0 Å². The predicted molar refractivity (Wildman–Crippen MR) is 85.0 cm³/mol. The van der Waals surface area contributed by atoms with Gasteiger partial charge in [-0.15, -0.1) is 11.8 Å². The highest BCUT2D eigenvalue weighted by atomic mass is 35.5. The summed E-state index contributed by atoms with van der Waals surface area (Å²) in [4.78, 5) is 1.25. The molecule has 19 heavy (non-hydrogen) atoms. The van der Waals surface area contributed by atoms with Gasteiger partial charge in [-0.05, 0) is 36.4 Å². The normalized spacial score (nSPS) is 12.3. The molecule has 0 spiro atoms. The molecule has 0 saturated carbocycles. The second-order valence-corrected chi connectivity index (χ2v) is 5.82. The zero-order valence-electron chi connectivity index (χ0n) is 11.0. The molecule has 0 heterocycles. The van der Waals surface area contributed by atoms with Crippen LogP contribution in [0.1, 0.15) is 18.5 Å². The minimum atomic E-state index is 0.381. The third-order valence-corrected chi connectivity index (χ3v) is 4.24. The molecule has 0 saturated heterocycles. The number of benzene rings is 2. The first kappa shape index (κ1) is 14.4. The van der Waals surface area contributed by atoms with Crippen molar-refractivity contribution in [3.05, 3.63) is 65.2 Å². The van der Waals surface area contributed by atoms with Gasteiger partial charge in [-0.1, -0.05) is 48.9 Å². The van der Waals surface area contributed by atoms with Crippen molar-refractivity contribution in [3.63, 3.8) is 0 Å². The molecule has 100 valence electrons. The molecule has 2 aromatic rings. The van der Waals surface area contributed by atoms with E-state index in [1.54, 1.807) is 0 Å². The third-order valence-electron chi connectivity index (χ3n) is 2.88. The van der Waals surface area contributed by atoms with Gasteiger partial charge in [0.15, 0.2) is 0 Å². The van der Waals surface area contributed by atoms with E-state index in [2.05, 4.69) is 54.7 Å². The van der Waals surface area contributed by atoms with Crippen LogP contribution in [0.3, 0.4) is 0 Å². The first-order chi connectivity index (χ1) is 9.29. The van der Waals surface area contributed by atoms with Crippen LogP contribution >= 0.6 is 23.4 Å². The van der Waals surface area contributed by atoms with Crippen molar-refractivity contribution in [1.29, 1.82) is 0 Å². The van der Waals surface area contributed by atoms with E-state index in [1.165, 1.54) is 10.5 Å². The number of hydrogen-bond acceptors (Lipinski definition) is 2. The van der Waals surface area contributed by atoms with Crippen molar-refractivity contribution in [2.75, 3.05) is 12.3 Å². The Hall–Kier alpha value is -0.960. The maximum absolute atomic E-state index is 5.90. The Morgan fingerprint density at radius 2 is 1.74 bits per heavy atom. The van der Waals surface area contributed by atoms with E-state index < -0.39 is 0 Å². The highest BCUT2D eigenvalue weighted by Gasteiger charge is 2.10. The van der Waals surface area contributed by atoms with Crippen molar-refractivity contribution in [2.45, 2.75) is 17.9 Å². The lowest BCUT2D eigenvalue weighted by atomic mass is 10.1. The molecular weight excluding hydrogens is 274 g/mol. The molecule has 0 amide bonds. The van der Waals surface area contributed by atoms with Crippen LogP contribution in [0, 0.1) is 0 Å². The van der Waals surface area contributed by atoms with Gasteiger partial charge in [0, 0.05) is 21.7 Å². The molecular formula is C16H18ClNS. The van der Waals surface area contributed by atoms with Gasteiger partial charge in [-0.3, -0.25) is 0 Å². The molecule has 1 unspecified atom stereocenters. The summed E-state index contributed by atoms with van der Waals surface area (Å²) in [5.41, 5.74) is 1.34. The lowest BCUT2D eigenvalue weighted by Gasteiger charge is -2.18. The lowest BCUT2D eigenvalue weighted by Crippen LogP contribution is -2.22. The van der Waals surface area contributed by atoms with Crippen molar-refractivity contribution in [2.24, 2.45) is 0 Å². The van der Waals surface area contributed by atoms with Gasteiger partial charge in [0.25, 0.3) is 0 Å². The fourth-order valence-corrected chi connectivity index (χ4v) is 3.04. The second-order valence-electron chi connectivity index (χ2n) is 4.29. The average molecular weight is 292 g/mol. The first-order valence-corrected chi connectivity index (χ1v) is 7.82. The molecule has 3 heteroatoms. The highest BCUT2D eigenvalue weighted by molar-refractivity contribution is 7.99. The predicted octanol–water partition coefficient (Wildman–Crippen LogP) is 4.78. The molecule has 2 aromatic carbocycles. The lowest BCUT2D eigenvalue weighted by molar-refractivity contribution is 0.606. The Balaban J connectivity index is 1.99. The second kappa shape index (κ2) is 7.59. The van der Waals surface area contributed by atoms with E-state index in [9.17, 15) is 0 Å². The monoisotopic (exact) mass is 291 g/mol. The Bertz CT molecular complexity index is 484. The van der Waals surface area contributed by atoms with Crippen molar-refractivity contribution in [1.82, 2.24) is 5.32 Å². The fraction of sp³-hybridized carbons (Fsp3) is 0.250. The van der Waals surface area contributed by atoms with Crippen molar-refractivity contribution < 1.29 is 0 Å². The summed E-state index contributed by atoms with van der Waals surface area (Å²) >= 11 is 7.75. The van der Waals surface area contributed by atoms with Crippen LogP contribution in [0.15, 0.2) is 59.5 Å². The van der Waals surface area contributed by atoms with Crippen LogP contribution in [0.4, 0.5) is 0 Å². The van der Waals surface area contributed by atoms with Gasteiger partial charge < -0.3 is 5.32 Å². The Labute approximate surface area is 124 Å². The Morgan fingerprint density at radius 1 is 1.05 bits per heavy atom. The minimum Gasteiger partial charge on any atom is -0.309 e. The molecule has 0 fully saturated rings. The van der Waals surface area contributed by atoms with Crippen molar-refractivity contribution >= 4 is 23.4 Å². The number of hydrogen-bond donors (Lipinski definition) is 1. The summed E-state index contributed by atoms with van der Waals surface area (Å²) in [5.74, 6) is 1.01. The standard InChI is InChI=1S/C16H18ClNS/c1-2-18-16(13-6-4-3-5-7-13)12-19-15-10-8-14(17)9-11-15/h3-11,16,18H,2,12H2,1H3. The Morgan fingerprint density at radius 3 is 2.37 bits per heavy atom. The van der Waals surface area contributed by atoms with Crippen LogP contribution in [-0.2, 0) is 0 Å². The average Bonchev–Trinajstić information content (AvgIpc) is 2.46. The molecule has 1 nitrogen and oxygen atoms in total. The molecule has 0 bridgehead atoms. The molecule has 1 atom stereocenters. The van der Waals surface area contributed by atoms with Gasteiger partial charge >= 0.3 is 0 Å². The van der Waals surface area contributed by atoms with E-state index in [0.29, 0.717) is 6.04 Å². The van der Waals surface area contributed by atoms with Crippen LogP contribution in [0.2, 0.25) is 5.02 Å². The quantitative estimate of drug-likeness (QED) is 0.769. The molecule has 2 rings (SSSR count). The molecule has 0 radical (unpaired) electrons. The van der Waals surface area contributed by atoms with E-state index in [-0.39, 0.29) is 0 Å². The largest absolute Gasteiger partial charge is 0.309 e. The molecule has 1 N–H and O–H groups in total. The minimum absolute atomic E-state index is 0.381. The topological polar surface area (TPSA) is 12.0 Å². The number of thioether (sulfide) groups is 1. The van der Waals surface area contributed by atoms with Crippen molar-refractivity contribution in [3.8, 4) is 0 Å². The molecule has 0 aliphatic carbocycles. The first-order valence-electron chi connectivity index (χ1n) is 6.46. The van der Waals surface area contributed by atoms with Gasteiger partial charge in [0.2, 0.25) is 0 Å². The van der Waals surface area contributed by atoms with Crippen LogP contribution in [0.25, 0.3) is 0 Å². The molecule has 0 aliphatic heterocycles. The maximum Gasteiger partial charge on any atom is 0.0415 e. The van der Waals surface area contributed by atoms with Crippen LogP contribution in [0.5, 0.6) is 0 Å². The van der Waals surface area contributed by atoms with Crippen LogP contribution < -0.4 is 5.32 Å².